The summed E-state index contributed by atoms with van der Waals surface area (Å²) < 4.78 is 4.80. The number of nitrogens with one attached hydrogen (secondary N) is 1. The van der Waals surface area contributed by atoms with Gasteiger partial charge in [0.1, 0.15) is 11.6 Å². The van der Waals surface area contributed by atoms with E-state index in [0.29, 0.717) is 6.61 Å². The maximum Gasteiger partial charge on any atom is 0.138 e. The summed E-state index contributed by atoms with van der Waals surface area (Å²) in [5, 5.41) is 2.81. The molecule has 0 aromatic rings. The van der Waals surface area contributed by atoms with Gasteiger partial charge in [-0.3, -0.25) is 0 Å². The summed E-state index contributed by atoms with van der Waals surface area (Å²) in [6, 6.07) is 0. The van der Waals surface area contributed by atoms with Crippen molar-refractivity contribution in [1.82, 2.24) is 11.5 Å². The summed E-state index contributed by atoms with van der Waals surface area (Å²) in [6.07, 6.45) is 3.25. The van der Waals surface area contributed by atoms with Crippen molar-refractivity contribution < 1.29 is 4.74 Å². The van der Waals surface area contributed by atoms with Crippen molar-refractivity contribution >= 4 is 17.2 Å². The van der Waals surface area contributed by atoms with Gasteiger partial charge in [-0.05, 0) is 0 Å². The van der Waals surface area contributed by atoms with E-state index in [4.69, 9.17) is 17.0 Å². The predicted octanol–water partition coefficient (Wildman–Crippen LogP) is 0.567. The molecule has 0 saturated heterocycles. The van der Waals surface area contributed by atoms with Crippen LogP contribution in [0.15, 0.2) is 12.5 Å². The molecule has 46 valence electrons. The topological polar surface area (TPSA) is 56.3 Å². The summed E-state index contributed by atoms with van der Waals surface area (Å²) >= 11 is 4.72. The standard InChI is InChI=1S/C4H5NOS.H3N/c7-4-3-6-2-1-5-4;/h1-2H,3H2,(H,5,7);1H3. The van der Waals surface area contributed by atoms with Gasteiger partial charge in [-0.1, -0.05) is 12.2 Å². The zero-order valence-corrected chi connectivity index (χ0v) is 5.20. The fraction of sp³-hybridized carbons (Fsp3) is 0.250. The summed E-state index contributed by atoms with van der Waals surface area (Å²) in [7, 11) is 0. The smallest absolute Gasteiger partial charge is 0.138 e. The van der Waals surface area contributed by atoms with E-state index in [1.54, 1.807) is 12.5 Å². The van der Waals surface area contributed by atoms with E-state index < -0.39 is 0 Å². The Morgan fingerprint density at radius 2 is 2.50 bits per heavy atom. The van der Waals surface area contributed by atoms with E-state index in [9.17, 15) is 0 Å². The molecule has 0 aromatic heterocycles. The normalized spacial score (nSPS) is 15.8. The number of thiocarbonyl (C=S) groups is 1. The van der Waals surface area contributed by atoms with Crippen LogP contribution < -0.4 is 11.5 Å². The van der Waals surface area contributed by atoms with Crippen LogP contribution in [0, 0.1) is 0 Å². The summed E-state index contributed by atoms with van der Waals surface area (Å²) in [4.78, 5) is 0.738. The first kappa shape index (κ1) is 7.39. The molecule has 0 aliphatic carbocycles. The molecule has 1 aliphatic heterocycles. The van der Waals surface area contributed by atoms with Gasteiger partial charge in [-0.15, -0.1) is 0 Å². The van der Waals surface area contributed by atoms with Crippen molar-refractivity contribution in [1.29, 1.82) is 0 Å². The summed E-state index contributed by atoms with van der Waals surface area (Å²) in [5.74, 6) is 0. The van der Waals surface area contributed by atoms with E-state index in [1.807, 2.05) is 0 Å². The average Bonchev–Trinajstić information content (AvgIpc) is 1.69. The van der Waals surface area contributed by atoms with Gasteiger partial charge in [0, 0.05) is 6.20 Å². The lowest BCUT2D eigenvalue weighted by molar-refractivity contribution is 0.293. The molecule has 0 amide bonds. The highest BCUT2D eigenvalue weighted by Crippen LogP contribution is 1.84. The van der Waals surface area contributed by atoms with Crippen LogP contribution in [0.25, 0.3) is 0 Å². The lowest BCUT2D eigenvalue weighted by Gasteiger charge is -2.06. The fourth-order valence-corrected chi connectivity index (χ4v) is 0.477. The molecule has 0 radical (unpaired) electrons. The van der Waals surface area contributed by atoms with E-state index >= 15 is 0 Å². The van der Waals surface area contributed by atoms with Gasteiger partial charge in [0.2, 0.25) is 0 Å². The third-order valence-corrected chi connectivity index (χ3v) is 0.859. The quantitative estimate of drug-likeness (QED) is 0.473. The highest BCUT2D eigenvalue weighted by Gasteiger charge is 1.94. The van der Waals surface area contributed by atoms with E-state index in [0.717, 1.165) is 4.99 Å². The zero-order valence-electron chi connectivity index (χ0n) is 4.39. The van der Waals surface area contributed by atoms with Crippen molar-refractivity contribution in [3.05, 3.63) is 12.5 Å². The lowest BCUT2D eigenvalue weighted by atomic mass is 10.6. The number of hydrogen-bond acceptors (Lipinski definition) is 3. The molecule has 1 heterocycles. The van der Waals surface area contributed by atoms with Gasteiger partial charge in [0.15, 0.2) is 0 Å². The molecule has 4 N–H and O–H groups in total. The van der Waals surface area contributed by atoms with E-state index in [1.165, 1.54) is 0 Å². The Balaban J connectivity index is 0.000000490. The SMILES string of the molecule is N.S=C1COC=CN1. The Morgan fingerprint density at radius 3 is 2.75 bits per heavy atom. The van der Waals surface area contributed by atoms with E-state index in [-0.39, 0.29) is 6.15 Å². The van der Waals surface area contributed by atoms with Crippen LogP contribution in [-0.2, 0) is 4.74 Å². The molecule has 0 spiro atoms. The summed E-state index contributed by atoms with van der Waals surface area (Å²) in [6.45, 7) is 0.520. The largest absolute Gasteiger partial charge is 0.493 e. The van der Waals surface area contributed by atoms with Crippen molar-refractivity contribution in [3.8, 4) is 0 Å². The number of ether oxygens (including phenoxy) is 1. The fourth-order valence-electron chi connectivity index (χ4n) is 0.341. The van der Waals surface area contributed by atoms with Crippen molar-refractivity contribution in [3.63, 3.8) is 0 Å². The van der Waals surface area contributed by atoms with Crippen LogP contribution in [0.1, 0.15) is 0 Å². The van der Waals surface area contributed by atoms with Crippen molar-refractivity contribution in [2.24, 2.45) is 0 Å². The van der Waals surface area contributed by atoms with Crippen molar-refractivity contribution in [2.75, 3.05) is 6.61 Å². The van der Waals surface area contributed by atoms with Crippen LogP contribution in [0.4, 0.5) is 0 Å². The highest BCUT2D eigenvalue weighted by molar-refractivity contribution is 7.80. The molecule has 4 heteroatoms. The van der Waals surface area contributed by atoms with Gasteiger partial charge in [0.05, 0.1) is 6.26 Å². The van der Waals surface area contributed by atoms with Gasteiger partial charge in [-0.25, -0.2) is 0 Å². The first-order valence-corrected chi connectivity index (χ1v) is 2.36. The molecular weight excluding hydrogens is 124 g/mol. The van der Waals surface area contributed by atoms with Gasteiger partial charge in [-0.2, -0.15) is 0 Å². The van der Waals surface area contributed by atoms with Gasteiger partial charge in [0.25, 0.3) is 0 Å². The molecule has 8 heavy (non-hydrogen) atoms. The second-order valence-electron chi connectivity index (χ2n) is 1.18. The lowest BCUT2D eigenvalue weighted by Crippen LogP contribution is -2.22. The summed E-state index contributed by atoms with van der Waals surface area (Å²) in [5.41, 5.74) is 0. The molecule has 3 nitrogen and oxygen atoms in total. The molecule has 0 aromatic carbocycles. The molecule has 0 bridgehead atoms. The Bertz CT molecular complexity index is 113. The number of hydrogen-bond donors (Lipinski definition) is 2. The Kier molecular flexibility index (Phi) is 3.14. The third kappa shape index (κ3) is 1.90. The Morgan fingerprint density at radius 1 is 1.75 bits per heavy atom. The minimum atomic E-state index is 0. The molecule has 0 fully saturated rings. The van der Waals surface area contributed by atoms with Crippen LogP contribution >= 0.6 is 12.2 Å². The maximum atomic E-state index is 4.80. The zero-order chi connectivity index (χ0) is 5.11. The van der Waals surface area contributed by atoms with Crippen LogP contribution in [0.2, 0.25) is 0 Å². The molecule has 0 saturated carbocycles. The molecule has 1 rings (SSSR count). The Labute approximate surface area is 53.3 Å². The average molecular weight is 132 g/mol. The molecule has 0 unspecified atom stereocenters. The third-order valence-electron chi connectivity index (χ3n) is 0.623. The maximum absolute atomic E-state index is 4.80. The number of rotatable bonds is 0. The van der Waals surface area contributed by atoms with Gasteiger partial charge >= 0.3 is 0 Å². The monoisotopic (exact) mass is 132 g/mol. The minimum Gasteiger partial charge on any atom is -0.493 e. The molecular formula is C4H8N2OS. The van der Waals surface area contributed by atoms with Crippen molar-refractivity contribution in [2.45, 2.75) is 0 Å². The second-order valence-corrected chi connectivity index (χ2v) is 1.67. The molecule has 0 atom stereocenters. The van der Waals surface area contributed by atoms with E-state index in [2.05, 4.69) is 5.32 Å². The van der Waals surface area contributed by atoms with Crippen LogP contribution in [0.3, 0.4) is 0 Å². The first-order valence-electron chi connectivity index (χ1n) is 1.95. The predicted molar refractivity (Wildman–Crippen MR) is 35.8 cm³/mol. The Hall–Kier alpha value is -0.610. The van der Waals surface area contributed by atoms with Crippen LogP contribution in [-0.4, -0.2) is 11.6 Å². The van der Waals surface area contributed by atoms with Crippen LogP contribution in [0.5, 0.6) is 0 Å². The highest BCUT2D eigenvalue weighted by atomic mass is 32.1. The van der Waals surface area contributed by atoms with Gasteiger partial charge < -0.3 is 16.2 Å². The first-order chi connectivity index (χ1) is 3.39. The minimum absolute atomic E-state index is 0. The molecule has 1 aliphatic rings. The second kappa shape index (κ2) is 3.40.